The summed E-state index contributed by atoms with van der Waals surface area (Å²) in [5.74, 6) is -1.47. The van der Waals surface area contributed by atoms with Gasteiger partial charge in [0.1, 0.15) is 0 Å². The molecule has 10 nitrogen and oxygen atoms in total. The van der Waals surface area contributed by atoms with Crippen molar-refractivity contribution < 1.29 is 29.3 Å². The molecule has 1 heterocycles. The highest BCUT2D eigenvalue weighted by molar-refractivity contribution is 7.53. The summed E-state index contributed by atoms with van der Waals surface area (Å²) in [6.45, 7) is 4.43. The molecule has 0 aromatic carbocycles. The molecule has 0 radical (unpaired) electrons. The lowest BCUT2D eigenvalue weighted by molar-refractivity contribution is 0.0287. The number of hydrogen-bond acceptors (Lipinski definition) is 7. The molecular formula is C17H31N2O8P. The van der Waals surface area contributed by atoms with Gasteiger partial charge in [-0.05, 0) is 39.0 Å². The molecule has 0 aliphatic carbocycles. The van der Waals surface area contributed by atoms with Crippen molar-refractivity contribution in [3.05, 3.63) is 33.1 Å². The molecule has 0 fully saturated rings. The molecule has 0 saturated carbocycles. The molecule has 5 atom stereocenters. The second-order valence-corrected chi connectivity index (χ2v) is 8.98. The summed E-state index contributed by atoms with van der Waals surface area (Å²) in [7, 11) is -4.21. The fourth-order valence-corrected chi connectivity index (χ4v) is 4.34. The van der Waals surface area contributed by atoms with E-state index in [0.29, 0.717) is 19.3 Å². The van der Waals surface area contributed by atoms with Crippen molar-refractivity contribution in [2.45, 2.75) is 76.5 Å². The van der Waals surface area contributed by atoms with Crippen molar-refractivity contribution >= 4 is 7.60 Å². The van der Waals surface area contributed by atoms with Gasteiger partial charge >= 0.3 is 13.3 Å². The average Bonchev–Trinajstić information content (AvgIpc) is 2.64. The Morgan fingerprint density at radius 1 is 1.32 bits per heavy atom. The van der Waals surface area contributed by atoms with Crippen LogP contribution >= 0.6 is 7.60 Å². The molecular weight excluding hydrogens is 391 g/mol. The maximum Gasteiger partial charge on any atom is 0.356 e. The van der Waals surface area contributed by atoms with Crippen LogP contribution in [0.1, 0.15) is 58.9 Å². The van der Waals surface area contributed by atoms with Gasteiger partial charge in [-0.1, -0.05) is 13.8 Å². The van der Waals surface area contributed by atoms with E-state index in [0.717, 1.165) is 10.6 Å². The predicted molar refractivity (Wildman–Crippen MR) is 103 cm³/mol. The lowest BCUT2D eigenvalue weighted by Crippen LogP contribution is -2.38. The Balaban J connectivity index is 2.91. The van der Waals surface area contributed by atoms with Gasteiger partial charge in [0.15, 0.2) is 5.85 Å². The van der Waals surface area contributed by atoms with E-state index < -0.39 is 49.0 Å². The van der Waals surface area contributed by atoms with Crippen molar-refractivity contribution in [1.29, 1.82) is 0 Å². The summed E-state index contributed by atoms with van der Waals surface area (Å²) in [5, 5.41) is 29.1. The number of hydrogen-bond donors (Lipinski definition) is 5. The highest BCUT2D eigenvalue weighted by atomic mass is 31.2. The minimum atomic E-state index is -4.21. The van der Waals surface area contributed by atoms with Crippen LogP contribution in [0.5, 0.6) is 0 Å². The van der Waals surface area contributed by atoms with Gasteiger partial charge in [0.2, 0.25) is 0 Å². The van der Waals surface area contributed by atoms with Crippen molar-refractivity contribution in [3.8, 4) is 0 Å². The van der Waals surface area contributed by atoms with E-state index in [2.05, 4.69) is 4.98 Å². The first-order chi connectivity index (χ1) is 13.0. The Labute approximate surface area is 163 Å². The fourth-order valence-electron chi connectivity index (χ4n) is 2.91. The smallest absolute Gasteiger partial charge is 0.356 e. The second kappa shape index (κ2) is 10.5. The van der Waals surface area contributed by atoms with Crippen LogP contribution in [0.15, 0.2) is 21.9 Å². The van der Waals surface area contributed by atoms with Crippen molar-refractivity contribution in [2.24, 2.45) is 0 Å². The number of H-pyrrole nitrogens is 1. The Kier molecular flexibility index (Phi) is 9.26. The molecule has 162 valence electrons. The summed E-state index contributed by atoms with van der Waals surface area (Å²) in [6.07, 6.45) is 1.45. The Hall–Kier alpha value is -1.29. The molecule has 0 bridgehead atoms. The molecule has 0 amide bonds. The van der Waals surface area contributed by atoms with Gasteiger partial charge in [-0.3, -0.25) is 18.9 Å². The minimum Gasteiger partial charge on any atom is -0.394 e. The Bertz CT molecular complexity index is 779. The first-order valence-electron chi connectivity index (χ1n) is 9.31. The largest absolute Gasteiger partial charge is 0.394 e. The number of rotatable bonds is 12. The molecule has 0 aliphatic heterocycles. The molecule has 1 rings (SSSR count). The fraction of sp³-hybridized carbons (Fsp3) is 0.765. The van der Waals surface area contributed by atoms with E-state index in [9.17, 15) is 34.4 Å². The van der Waals surface area contributed by atoms with E-state index in [1.807, 2.05) is 0 Å². The number of aliphatic hydroxyl groups excluding tert-OH is 3. The molecule has 0 spiro atoms. The number of aromatic nitrogens is 2. The van der Waals surface area contributed by atoms with Gasteiger partial charge in [0.25, 0.3) is 5.56 Å². The van der Waals surface area contributed by atoms with Gasteiger partial charge < -0.3 is 24.7 Å². The molecule has 28 heavy (non-hydrogen) atoms. The van der Waals surface area contributed by atoms with Gasteiger partial charge in [0, 0.05) is 12.3 Å². The van der Waals surface area contributed by atoms with E-state index in [1.165, 1.54) is 6.20 Å². The summed E-state index contributed by atoms with van der Waals surface area (Å²) in [4.78, 5) is 35.3. The summed E-state index contributed by atoms with van der Waals surface area (Å²) in [6, 6.07) is 0.351. The Morgan fingerprint density at radius 3 is 2.46 bits per heavy atom. The number of nitrogens with one attached hydrogen (secondary N) is 1. The third-order valence-corrected chi connectivity index (χ3v) is 6.71. The molecule has 1 aromatic rings. The predicted octanol–water partition coefficient (Wildman–Crippen LogP) is 0.700. The van der Waals surface area contributed by atoms with Crippen LogP contribution in [0, 0.1) is 0 Å². The lowest BCUT2D eigenvalue weighted by atomic mass is 9.93. The monoisotopic (exact) mass is 422 g/mol. The zero-order valence-electron chi connectivity index (χ0n) is 16.4. The van der Waals surface area contributed by atoms with Gasteiger partial charge in [-0.15, -0.1) is 0 Å². The zero-order valence-corrected chi connectivity index (χ0v) is 17.3. The van der Waals surface area contributed by atoms with Gasteiger partial charge in [0.05, 0.1) is 24.4 Å². The first-order valence-corrected chi connectivity index (χ1v) is 11.0. The second-order valence-electron chi connectivity index (χ2n) is 7.07. The van der Waals surface area contributed by atoms with Crippen LogP contribution in [0.25, 0.3) is 0 Å². The lowest BCUT2D eigenvalue weighted by Gasteiger charge is -2.33. The number of aromatic amines is 1. The van der Waals surface area contributed by atoms with Crippen LogP contribution in [0.4, 0.5) is 0 Å². The van der Waals surface area contributed by atoms with Crippen molar-refractivity contribution in [3.63, 3.8) is 0 Å². The van der Waals surface area contributed by atoms with E-state index in [4.69, 9.17) is 4.52 Å². The third kappa shape index (κ3) is 6.65. The average molecular weight is 422 g/mol. The third-order valence-electron chi connectivity index (χ3n) is 4.89. The topological polar surface area (TPSA) is 162 Å². The standard InChI is InChI=1S/C17H31N2O8P/c1-4-15(23)28(25,26)27-17(3,5-2)9-6-7-12(13(21)11-20)19-10-8-14(22)18-16(19)24/h8,10,12-13,15,20-21,23H,4-7,9,11H2,1-3H3,(H,25,26)(H,18,22,24)/t12-,13-,15?,17?/m1/s1. The summed E-state index contributed by atoms with van der Waals surface area (Å²) in [5.41, 5.74) is -2.27. The molecule has 3 unspecified atom stereocenters. The zero-order chi connectivity index (χ0) is 21.5. The highest BCUT2D eigenvalue weighted by Crippen LogP contribution is 2.52. The van der Waals surface area contributed by atoms with Crippen molar-refractivity contribution in [1.82, 2.24) is 9.55 Å². The van der Waals surface area contributed by atoms with Crippen LogP contribution in [-0.4, -0.2) is 53.9 Å². The minimum absolute atomic E-state index is 0.0769. The van der Waals surface area contributed by atoms with Crippen LogP contribution < -0.4 is 11.2 Å². The Morgan fingerprint density at radius 2 is 1.96 bits per heavy atom. The molecule has 0 saturated heterocycles. The van der Waals surface area contributed by atoms with Crippen molar-refractivity contribution in [2.75, 3.05) is 6.61 Å². The summed E-state index contributed by atoms with van der Waals surface area (Å²) >= 11 is 0. The molecule has 0 aliphatic rings. The number of aliphatic hydroxyl groups is 3. The molecule has 11 heteroatoms. The summed E-state index contributed by atoms with van der Waals surface area (Å²) < 4.78 is 18.7. The SMILES string of the molecule is CCC(O)P(=O)(O)OC(C)(CC)CCC[C@H]([C@H](O)CO)n1ccc(=O)[nH]c1=O. The van der Waals surface area contributed by atoms with E-state index in [-0.39, 0.29) is 12.8 Å². The normalized spacial score (nSPS) is 19.4. The van der Waals surface area contributed by atoms with E-state index >= 15 is 0 Å². The van der Waals surface area contributed by atoms with E-state index in [1.54, 1.807) is 20.8 Å². The molecule has 1 aromatic heterocycles. The first kappa shape index (κ1) is 24.7. The number of nitrogens with zero attached hydrogens (tertiary/aromatic N) is 1. The quantitative estimate of drug-likeness (QED) is 0.307. The highest BCUT2D eigenvalue weighted by Gasteiger charge is 2.38. The maximum absolute atomic E-state index is 12.2. The maximum atomic E-state index is 12.2. The van der Waals surface area contributed by atoms with Crippen LogP contribution in [-0.2, 0) is 9.09 Å². The molecule has 5 N–H and O–H groups in total. The van der Waals surface area contributed by atoms with Gasteiger partial charge in [-0.25, -0.2) is 4.79 Å². The van der Waals surface area contributed by atoms with Crippen LogP contribution in [0.3, 0.4) is 0 Å². The van der Waals surface area contributed by atoms with Crippen LogP contribution in [0.2, 0.25) is 0 Å². The van der Waals surface area contributed by atoms with Gasteiger partial charge in [-0.2, -0.15) is 0 Å².